The van der Waals surface area contributed by atoms with E-state index in [2.05, 4.69) is 15.5 Å². The van der Waals surface area contributed by atoms with Gasteiger partial charge in [0.25, 0.3) is 5.91 Å². The van der Waals surface area contributed by atoms with Crippen LogP contribution >= 0.6 is 0 Å². The van der Waals surface area contributed by atoms with Gasteiger partial charge in [-0.1, -0.05) is 26.2 Å². The van der Waals surface area contributed by atoms with Gasteiger partial charge in [-0.25, -0.2) is 0 Å². The summed E-state index contributed by atoms with van der Waals surface area (Å²) in [6, 6.07) is 1.72. The van der Waals surface area contributed by atoms with Crippen LogP contribution in [0, 0.1) is 0 Å². The van der Waals surface area contributed by atoms with Gasteiger partial charge in [-0.2, -0.15) is 5.10 Å². The van der Waals surface area contributed by atoms with Crippen molar-refractivity contribution in [1.29, 1.82) is 0 Å². The third-order valence-electron chi connectivity index (χ3n) is 3.82. The molecule has 1 aromatic rings. The second kappa shape index (κ2) is 8.14. The third kappa shape index (κ3) is 5.13. The molecule has 1 fully saturated rings. The van der Waals surface area contributed by atoms with Crippen molar-refractivity contribution in [2.24, 2.45) is 0 Å². The number of ether oxygens (including phenoxy) is 1. The number of rotatable bonds is 7. The first-order valence-electron chi connectivity index (χ1n) is 7.81. The molecule has 1 unspecified atom stereocenters. The number of nitrogens with zero attached hydrogens (tertiary/aromatic N) is 1. The Labute approximate surface area is 125 Å². The topological polar surface area (TPSA) is 87.2 Å². The molecule has 1 amide bonds. The average Bonchev–Trinajstić information content (AvgIpc) is 3.00. The molecular weight excluding hydrogens is 270 g/mol. The second-order valence-electron chi connectivity index (χ2n) is 5.59. The summed E-state index contributed by atoms with van der Waals surface area (Å²) in [6.07, 6.45) is 6.23. The van der Waals surface area contributed by atoms with E-state index in [1.165, 1.54) is 19.3 Å². The lowest BCUT2D eigenvalue weighted by molar-refractivity contribution is -0.0225. The minimum absolute atomic E-state index is 0.180. The van der Waals surface area contributed by atoms with Crippen molar-refractivity contribution >= 4 is 5.91 Å². The van der Waals surface area contributed by atoms with E-state index < -0.39 is 6.10 Å². The molecule has 0 bridgehead atoms. The van der Waals surface area contributed by atoms with Gasteiger partial charge >= 0.3 is 0 Å². The molecule has 0 aliphatic heterocycles. The van der Waals surface area contributed by atoms with E-state index in [0.29, 0.717) is 5.69 Å². The normalized spacial score (nSPS) is 17.6. The monoisotopic (exact) mass is 295 g/mol. The largest absolute Gasteiger partial charge is 0.389 e. The first kappa shape index (κ1) is 16.0. The van der Waals surface area contributed by atoms with Crippen molar-refractivity contribution in [2.45, 2.75) is 57.7 Å². The minimum atomic E-state index is -0.680. The van der Waals surface area contributed by atoms with Crippen molar-refractivity contribution in [3.63, 3.8) is 0 Å². The van der Waals surface area contributed by atoms with Crippen LogP contribution in [0.3, 0.4) is 0 Å². The van der Waals surface area contributed by atoms with Gasteiger partial charge in [-0.15, -0.1) is 0 Å². The van der Waals surface area contributed by atoms with Crippen LogP contribution in [0.15, 0.2) is 6.07 Å². The van der Waals surface area contributed by atoms with E-state index >= 15 is 0 Å². The summed E-state index contributed by atoms with van der Waals surface area (Å²) in [5.74, 6) is -0.275. The van der Waals surface area contributed by atoms with Crippen molar-refractivity contribution < 1.29 is 14.6 Å². The highest BCUT2D eigenvalue weighted by molar-refractivity contribution is 5.92. The molecule has 0 spiro atoms. The first-order chi connectivity index (χ1) is 10.2. The quantitative estimate of drug-likeness (QED) is 0.710. The van der Waals surface area contributed by atoms with E-state index in [9.17, 15) is 9.90 Å². The number of aromatic amines is 1. The molecule has 1 aliphatic carbocycles. The molecule has 1 saturated carbocycles. The molecule has 6 nitrogen and oxygen atoms in total. The summed E-state index contributed by atoms with van der Waals surface area (Å²) in [5.41, 5.74) is 1.27. The van der Waals surface area contributed by atoms with Gasteiger partial charge in [0.15, 0.2) is 0 Å². The zero-order chi connectivity index (χ0) is 15.1. The van der Waals surface area contributed by atoms with Gasteiger partial charge in [0.1, 0.15) is 5.69 Å². The fourth-order valence-corrected chi connectivity index (χ4v) is 2.50. The predicted octanol–water partition coefficient (Wildman–Crippen LogP) is 1.41. The number of carbonyl (C=O) groups is 1. The lowest BCUT2D eigenvalue weighted by Crippen LogP contribution is -2.36. The summed E-state index contributed by atoms with van der Waals surface area (Å²) in [7, 11) is 0. The van der Waals surface area contributed by atoms with Crippen molar-refractivity contribution in [3.8, 4) is 0 Å². The smallest absolute Gasteiger partial charge is 0.271 e. The van der Waals surface area contributed by atoms with Crippen molar-refractivity contribution in [1.82, 2.24) is 15.5 Å². The fraction of sp³-hybridized carbons (Fsp3) is 0.733. The maximum absolute atomic E-state index is 11.8. The van der Waals surface area contributed by atoms with Gasteiger partial charge in [0.05, 0.1) is 18.8 Å². The molecule has 3 N–H and O–H groups in total. The van der Waals surface area contributed by atoms with Crippen molar-refractivity contribution in [2.75, 3.05) is 13.2 Å². The number of carbonyl (C=O) groups excluding carboxylic acids is 1. The molecule has 1 aromatic heterocycles. The highest BCUT2D eigenvalue weighted by atomic mass is 16.5. The Bertz CT molecular complexity index is 441. The second-order valence-corrected chi connectivity index (χ2v) is 5.59. The number of aliphatic hydroxyl groups is 1. The van der Waals surface area contributed by atoms with Crippen LogP contribution in [0.2, 0.25) is 0 Å². The predicted molar refractivity (Wildman–Crippen MR) is 79.1 cm³/mol. The summed E-state index contributed by atoms with van der Waals surface area (Å²) < 4.78 is 5.68. The van der Waals surface area contributed by atoms with Crippen LogP contribution in [-0.4, -0.2) is 46.6 Å². The maximum Gasteiger partial charge on any atom is 0.271 e. The molecule has 0 radical (unpaired) electrons. The third-order valence-corrected chi connectivity index (χ3v) is 3.82. The number of hydrogen-bond donors (Lipinski definition) is 3. The Morgan fingerprint density at radius 2 is 2.29 bits per heavy atom. The number of aliphatic hydroxyl groups excluding tert-OH is 1. The van der Waals surface area contributed by atoms with Crippen LogP contribution in [0.5, 0.6) is 0 Å². The van der Waals surface area contributed by atoms with Crippen LogP contribution < -0.4 is 5.32 Å². The van der Waals surface area contributed by atoms with Gasteiger partial charge in [-0.05, 0) is 25.3 Å². The number of aryl methyl sites for hydroxylation is 1. The number of hydrogen-bond acceptors (Lipinski definition) is 4. The van der Waals surface area contributed by atoms with Crippen molar-refractivity contribution in [3.05, 3.63) is 17.5 Å². The Balaban J connectivity index is 1.65. The molecule has 21 heavy (non-hydrogen) atoms. The first-order valence-corrected chi connectivity index (χ1v) is 7.81. The van der Waals surface area contributed by atoms with E-state index in [1.807, 2.05) is 6.92 Å². The highest BCUT2D eigenvalue weighted by Gasteiger charge is 2.16. The minimum Gasteiger partial charge on any atom is -0.389 e. The van der Waals surface area contributed by atoms with E-state index in [-0.39, 0.29) is 25.2 Å². The van der Waals surface area contributed by atoms with Gasteiger partial charge in [0.2, 0.25) is 0 Å². The molecule has 6 heteroatoms. The molecule has 1 atom stereocenters. The molecule has 1 heterocycles. The number of amides is 1. The summed E-state index contributed by atoms with van der Waals surface area (Å²) in [4.78, 5) is 11.8. The Morgan fingerprint density at radius 3 is 2.95 bits per heavy atom. The van der Waals surface area contributed by atoms with E-state index in [1.54, 1.807) is 6.07 Å². The van der Waals surface area contributed by atoms with Gasteiger partial charge < -0.3 is 15.2 Å². The zero-order valence-corrected chi connectivity index (χ0v) is 12.6. The Hall–Kier alpha value is -1.40. The molecule has 118 valence electrons. The van der Waals surface area contributed by atoms with E-state index in [4.69, 9.17) is 4.74 Å². The number of nitrogens with one attached hydrogen (secondary N) is 2. The molecular formula is C15H25N3O3. The van der Waals surface area contributed by atoms with Crippen LogP contribution in [-0.2, 0) is 11.2 Å². The summed E-state index contributed by atoms with van der Waals surface area (Å²) in [5, 5.41) is 19.3. The highest BCUT2D eigenvalue weighted by Crippen LogP contribution is 2.20. The SMILES string of the molecule is CCc1cc(C(=O)NCC(O)COC2CCCCC2)n[nH]1. The van der Waals surface area contributed by atoms with Gasteiger partial charge in [-0.3, -0.25) is 9.89 Å². The number of aromatic nitrogens is 2. The Morgan fingerprint density at radius 1 is 1.52 bits per heavy atom. The standard InChI is InChI=1S/C15H25N3O3/c1-2-11-8-14(18-17-11)15(20)16-9-12(19)10-21-13-6-4-3-5-7-13/h8,12-13,19H,2-7,9-10H2,1H3,(H,16,20)(H,17,18). The van der Waals surface area contributed by atoms with Crippen LogP contribution in [0.1, 0.15) is 55.2 Å². The molecule has 2 rings (SSSR count). The summed E-state index contributed by atoms with van der Waals surface area (Å²) >= 11 is 0. The lowest BCUT2D eigenvalue weighted by atomic mass is 9.98. The molecule has 0 aromatic carbocycles. The zero-order valence-electron chi connectivity index (χ0n) is 12.6. The van der Waals surface area contributed by atoms with Crippen LogP contribution in [0.25, 0.3) is 0 Å². The van der Waals surface area contributed by atoms with E-state index in [0.717, 1.165) is 25.0 Å². The summed E-state index contributed by atoms with van der Waals surface area (Å²) in [6.45, 7) is 2.44. The number of H-pyrrole nitrogens is 1. The average molecular weight is 295 g/mol. The fourth-order valence-electron chi connectivity index (χ4n) is 2.50. The Kier molecular flexibility index (Phi) is 6.20. The lowest BCUT2D eigenvalue weighted by Gasteiger charge is -2.23. The molecule has 0 saturated heterocycles. The van der Waals surface area contributed by atoms with Gasteiger partial charge in [0, 0.05) is 12.2 Å². The maximum atomic E-state index is 11.8. The molecule has 1 aliphatic rings. The van der Waals surface area contributed by atoms with Crippen LogP contribution in [0.4, 0.5) is 0 Å².